The molecule has 5 heteroatoms. The van der Waals surface area contributed by atoms with E-state index >= 15 is 0 Å². The predicted molar refractivity (Wildman–Crippen MR) is 50.6 cm³/mol. The Hall–Kier alpha value is -1.78. The Kier molecular flexibility index (Phi) is 2.22. The number of rotatable bonds is 3. The zero-order valence-corrected chi connectivity index (χ0v) is 7.84. The van der Waals surface area contributed by atoms with E-state index in [1.807, 2.05) is 4.57 Å². The van der Waals surface area contributed by atoms with Gasteiger partial charge in [-0.15, -0.1) is 0 Å². The molecule has 0 amide bonds. The number of nitrogens with zero attached hydrogens (tertiary/aromatic N) is 4. The molecule has 0 N–H and O–H groups in total. The number of imidazole rings is 1. The van der Waals surface area contributed by atoms with Crippen molar-refractivity contribution < 1.29 is 4.79 Å². The van der Waals surface area contributed by atoms with Crippen LogP contribution in [-0.2, 0) is 11.3 Å². The highest BCUT2D eigenvalue weighted by Crippen LogP contribution is 2.07. The van der Waals surface area contributed by atoms with Crippen LogP contribution in [0.25, 0.3) is 11.2 Å². The largest absolute Gasteiger partial charge is 0.315 e. The fraction of sp³-hybridized carbons (Fsp3) is 0.333. The molecule has 0 aliphatic rings. The maximum absolute atomic E-state index is 10.8. The molecule has 14 heavy (non-hydrogen) atoms. The van der Waals surface area contributed by atoms with Crippen LogP contribution >= 0.6 is 0 Å². The van der Waals surface area contributed by atoms with Crippen molar-refractivity contribution in [3.05, 3.63) is 18.9 Å². The molecule has 0 spiro atoms. The standard InChI is InChI=1S/C9H10N4O/c1-7(14)2-3-13-6-12-8-4-10-5-11-9(8)13/h4-6H,2-3H2,1H3. The van der Waals surface area contributed by atoms with Gasteiger partial charge >= 0.3 is 0 Å². The second-order valence-electron chi connectivity index (χ2n) is 3.12. The lowest BCUT2D eigenvalue weighted by Crippen LogP contribution is -2.02. The number of Topliss-reactive ketones (excluding diaryl/α,β-unsaturated/α-hetero) is 1. The molecule has 0 radical (unpaired) electrons. The summed E-state index contributed by atoms with van der Waals surface area (Å²) in [7, 11) is 0. The minimum absolute atomic E-state index is 0.168. The molecule has 72 valence electrons. The average Bonchev–Trinajstić information content (AvgIpc) is 2.58. The SMILES string of the molecule is CC(=O)CCn1cnc2cncnc21. The van der Waals surface area contributed by atoms with Crippen LogP contribution in [0.2, 0.25) is 0 Å². The minimum atomic E-state index is 0.168. The van der Waals surface area contributed by atoms with Gasteiger partial charge in [-0.2, -0.15) is 0 Å². The lowest BCUT2D eigenvalue weighted by molar-refractivity contribution is -0.117. The quantitative estimate of drug-likeness (QED) is 0.718. The molecule has 2 rings (SSSR count). The van der Waals surface area contributed by atoms with E-state index in [0.717, 1.165) is 11.2 Å². The number of carbonyl (C=O) groups is 1. The Morgan fingerprint density at radius 3 is 3.14 bits per heavy atom. The zero-order valence-electron chi connectivity index (χ0n) is 7.84. The highest BCUT2D eigenvalue weighted by molar-refractivity contribution is 5.75. The van der Waals surface area contributed by atoms with Gasteiger partial charge in [-0.05, 0) is 6.92 Å². The van der Waals surface area contributed by atoms with Crippen LogP contribution in [0.5, 0.6) is 0 Å². The summed E-state index contributed by atoms with van der Waals surface area (Å²) in [6, 6.07) is 0. The van der Waals surface area contributed by atoms with Crippen LogP contribution in [0.15, 0.2) is 18.9 Å². The summed E-state index contributed by atoms with van der Waals surface area (Å²) in [5.74, 6) is 0.168. The van der Waals surface area contributed by atoms with E-state index in [-0.39, 0.29) is 5.78 Å². The molecule has 2 aromatic rings. The van der Waals surface area contributed by atoms with Gasteiger partial charge < -0.3 is 4.57 Å². The Morgan fingerprint density at radius 1 is 1.50 bits per heavy atom. The molecular formula is C9H10N4O. The zero-order chi connectivity index (χ0) is 9.97. The van der Waals surface area contributed by atoms with Crippen molar-refractivity contribution in [1.29, 1.82) is 0 Å². The van der Waals surface area contributed by atoms with E-state index in [4.69, 9.17) is 0 Å². The van der Waals surface area contributed by atoms with Crippen molar-refractivity contribution in [3.8, 4) is 0 Å². The summed E-state index contributed by atoms with van der Waals surface area (Å²) in [5, 5.41) is 0. The lowest BCUT2D eigenvalue weighted by Gasteiger charge is -1.99. The van der Waals surface area contributed by atoms with Crippen LogP contribution in [0, 0.1) is 0 Å². The van der Waals surface area contributed by atoms with Gasteiger partial charge in [0, 0.05) is 13.0 Å². The molecule has 5 nitrogen and oxygen atoms in total. The second-order valence-corrected chi connectivity index (χ2v) is 3.12. The number of carbonyl (C=O) groups excluding carboxylic acids is 1. The molecule has 0 aliphatic carbocycles. The van der Waals surface area contributed by atoms with Gasteiger partial charge in [0.25, 0.3) is 0 Å². The first kappa shape index (κ1) is 8.80. The molecule has 2 aromatic heterocycles. The fourth-order valence-electron chi connectivity index (χ4n) is 1.26. The third-order valence-corrected chi connectivity index (χ3v) is 1.99. The van der Waals surface area contributed by atoms with Crippen molar-refractivity contribution in [2.24, 2.45) is 0 Å². The van der Waals surface area contributed by atoms with Crippen molar-refractivity contribution in [2.45, 2.75) is 19.9 Å². The van der Waals surface area contributed by atoms with Gasteiger partial charge in [-0.1, -0.05) is 0 Å². The van der Waals surface area contributed by atoms with E-state index in [2.05, 4.69) is 15.0 Å². The predicted octanol–water partition coefficient (Wildman–Crippen LogP) is 0.805. The summed E-state index contributed by atoms with van der Waals surface area (Å²) in [6.45, 7) is 2.21. The maximum atomic E-state index is 10.8. The summed E-state index contributed by atoms with van der Waals surface area (Å²) >= 11 is 0. The van der Waals surface area contributed by atoms with Gasteiger partial charge in [0.1, 0.15) is 17.6 Å². The Balaban J connectivity index is 2.29. The van der Waals surface area contributed by atoms with E-state index in [9.17, 15) is 4.79 Å². The summed E-state index contributed by atoms with van der Waals surface area (Å²) < 4.78 is 1.86. The van der Waals surface area contributed by atoms with Crippen LogP contribution in [0.4, 0.5) is 0 Å². The smallest absolute Gasteiger partial charge is 0.163 e. The van der Waals surface area contributed by atoms with Gasteiger partial charge in [-0.3, -0.25) is 4.79 Å². The third-order valence-electron chi connectivity index (χ3n) is 1.99. The highest BCUT2D eigenvalue weighted by Gasteiger charge is 2.03. The van der Waals surface area contributed by atoms with Crippen LogP contribution in [0.3, 0.4) is 0 Å². The number of aryl methyl sites for hydroxylation is 1. The molecule has 0 bridgehead atoms. The molecule has 0 unspecified atom stereocenters. The topological polar surface area (TPSA) is 60.7 Å². The number of ketones is 1. The summed E-state index contributed by atoms with van der Waals surface area (Å²) in [5.41, 5.74) is 1.54. The molecule has 0 aliphatic heterocycles. The molecule has 0 saturated carbocycles. The molecule has 0 atom stereocenters. The van der Waals surface area contributed by atoms with E-state index in [0.29, 0.717) is 13.0 Å². The first-order valence-corrected chi connectivity index (χ1v) is 4.37. The van der Waals surface area contributed by atoms with E-state index < -0.39 is 0 Å². The van der Waals surface area contributed by atoms with Crippen molar-refractivity contribution in [3.63, 3.8) is 0 Å². The van der Waals surface area contributed by atoms with Crippen molar-refractivity contribution >= 4 is 16.9 Å². The molecule has 0 saturated heterocycles. The number of hydrogen-bond donors (Lipinski definition) is 0. The minimum Gasteiger partial charge on any atom is -0.315 e. The summed E-state index contributed by atoms with van der Waals surface area (Å²) in [4.78, 5) is 22.9. The molecule has 2 heterocycles. The first-order valence-electron chi connectivity index (χ1n) is 4.37. The van der Waals surface area contributed by atoms with Crippen LogP contribution in [0.1, 0.15) is 13.3 Å². The molecular weight excluding hydrogens is 180 g/mol. The van der Waals surface area contributed by atoms with Gasteiger partial charge in [0.05, 0.1) is 12.5 Å². The fourth-order valence-corrected chi connectivity index (χ4v) is 1.26. The third kappa shape index (κ3) is 1.61. The number of fused-ring (bicyclic) bond motifs is 1. The monoisotopic (exact) mass is 190 g/mol. The maximum Gasteiger partial charge on any atom is 0.163 e. The van der Waals surface area contributed by atoms with Crippen LogP contribution in [-0.4, -0.2) is 25.3 Å². The van der Waals surface area contributed by atoms with E-state index in [1.54, 1.807) is 19.4 Å². The number of aromatic nitrogens is 4. The summed E-state index contributed by atoms with van der Waals surface area (Å²) in [6.07, 6.45) is 5.33. The van der Waals surface area contributed by atoms with Gasteiger partial charge in [0.2, 0.25) is 0 Å². The van der Waals surface area contributed by atoms with E-state index in [1.165, 1.54) is 6.33 Å². The highest BCUT2D eigenvalue weighted by atomic mass is 16.1. The Labute approximate surface area is 80.8 Å². The first-order chi connectivity index (χ1) is 6.77. The Morgan fingerprint density at radius 2 is 2.36 bits per heavy atom. The van der Waals surface area contributed by atoms with Gasteiger partial charge in [0.15, 0.2) is 5.65 Å². The number of hydrogen-bond acceptors (Lipinski definition) is 4. The molecule has 0 fully saturated rings. The average molecular weight is 190 g/mol. The van der Waals surface area contributed by atoms with Crippen molar-refractivity contribution in [2.75, 3.05) is 0 Å². The lowest BCUT2D eigenvalue weighted by atomic mass is 10.3. The molecule has 0 aromatic carbocycles. The Bertz CT molecular complexity index is 463. The van der Waals surface area contributed by atoms with Gasteiger partial charge in [-0.25, -0.2) is 15.0 Å². The van der Waals surface area contributed by atoms with Crippen LogP contribution < -0.4 is 0 Å². The second kappa shape index (κ2) is 3.53. The normalized spacial score (nSPS) is 10.6. The van der Waals surface area contributed by atoms with Crippen molar-refractivity contribution in [1.82, 2.24) is 19.5 Å².